The van der Waals surface area contributed by atoms with E-state index in [1.165, 1.54) is 0 Å². The molecule has 0 fully saturated rings. The van der Waals surface area contributed by atoms with Crippen molar-refractivity contribution < 1.29 is 9.47 Å². The fourth-order valence-electron chi connectivity index (χ4n) is 1.54. The Kier molecular flexibility index (Phi) is 3.14. The van der Waals surface area contributed by atoms with Gasteiger partial charge in [0.1, 0.15) is 5.75 Å². The van der Waals surface area contributed by atoms with Crippen molar-refractivity contribution in [1.82, 2.24) is 4.98 Å². The van der Waals surface area contributed by atoms with E-state index in [1.54, 1.807) is 20.3 Å². The fourth-order valence-corrected chi connectivity index (χ4v) is 1.54. The second-order valence-electron chi connectivity index (χ2n) is 3.52. The van der Waals surface area contributed by atoms with Crippen LogP contribution in [-0.4, -0.2) is 19.2 Å². The Bertz CT molecular complexity index is 509. The molecule has 0 aliphatic heterocycles. The normalized spacial score (nSPS) is 10.0. The number of rotatable bonds is 3. The Morgan fingerprint density at radius 3 is 2.24 bits per heavy atom. The Morgan fingerprint density at radius 1 is 0.941 bits per heavy atom. The first-order valence-electron chi connectivity index (χ1n) is 5.19. The number of hydrogen-bond donors (Lipinski definition) is 1. The maximum Gasteiger partial charge on any atom is 0.237 e. The van der Waals surface area contributed by atoms with Crippen LogP contribution >= 0.6 is 0 Å². The molecule has 88 valence electrons. The molecule has 1 aromatic heterocycles. The van der Waals surface area contributed by atoms with Crippen molar-refractivity contribution in [3.8, 4) is 22.9 Å². The molecule has 0 spiro atoms. The number of nitrogens with two attached hydrogens (primary N) is 1. The second-order valence-corrected chi connectivity index (χ2v) is 3.52. The number of pyridine rings is 1. The lowest BCUT2D eigenvalue weighted by Crippen LogP contribution is -1.96. The number of hydrogen-bond acceptors (Lipinski definition) is 4. The average Bonchev–Trinajstić information content (AvgIpc) is 2.39. The second kappa shape index (κ2) is 4.74. The smallest absolute Gasteiger partial charge is 0.237 e. The van der Waals surface area contributed by atoms with Crippen LogP contribution < -0.4 is 15.2 Å². The topological polar surface area (TPSA) is 57.4 Å². The quantitative estimate of drug-likeness (QED) is 0.879. The predicted octanol–water partition coefficient (Wildman–Crippen LogP) is 2.35. The van der Waals surface area contributed by atoms with Crippen LogP contribution in [0.4, 0.5) is 5.69 Å². The number of nitrogens with zero attached hydrogens (tertiary/aromatic N) is 1. The summed E-state index contributed by atoms with van der Waals surface area (Å²) in [5.41, 5.74) is 8.06. The summed E-state index contributed by atoms with van der Waals surface area (Å²) in [6, 6.07) is 11.3. The molecule has 1 aromatic carbocycles. The lowest BCUT2D eigenvalue weighted by atomic mass is 10.1. The molecule has 2 rings (SSSR count). The van der Waals surface area contributed by atoms with Crippen LogP contribution in [0.25, 0.3) is 11.3 Å². The number of anilines is 1. The lowest BCUT2D eigenvalue weighted by Gasteiger charge is -2.07. The number of nitrogen functional groups attached to an aromatic ring is 1. The average molecular weight is 230 g/mol. The molecule has 2 N–H and O–H groups in total. The summed E-state index contributed by atoms with van der Waals surface area (Å²) in [6.07, 6.45) is 0. The van der Waals surface area contributed by atoms with Crippen LogP contribution in [0.3, 0.4) is 0 Å². The molecule has 0 unspecified atom stereocenters. The molecular weight excluding hydrogens is 216 g/mol. The summed E-state index contributed by atoms with van der Waals surface area (Å²) < 4.78 is 10.2. The summed E-state index contributed by atoms with van der Waals surface area (Å²) in [5.74, 6) is 1.26. The van der Waals surface area contributed by atoms with E-state index in [4.69, 9.17) is 15.2 Å². The third kappa shape index (κ3) is 2.30. The Labute approximate surface area is 100 Å². The summed E-state index contributed by atoms with van der Waals surface area (Å²) in [7, 11) is 3.19. The SMILES string of the molecule is COc1ccc(-c2ccc(N)c(OC)n2)cc1. The van der Waals surface area contributed by atoms with Crippen LogP contribution in [0.1, 0.15) is 0 Å². The summed E-state index contributed by atoms with van der Waals surface area (Å²) in [6.45, 7) is 0. The van der Waals surface area contributed by atoms with Gasteiger partial charge in [-0.15, -0.1) is 0 Å². The van der Waals surface area contributed by atoms with Crippen molar-refractivity contribution in [2.24, 2.45) is 0 Å². The molecule has 0 aliphatic carbocycles. The Morgan fingerprint density at radius 2 is 1.65 bits per heavy atom. The van der Waals surface area contributed by atoms with Gasteiger partial charge in [0.2, 0.25) is 5.88 Å². The zero-order valence-electron chi connectivity index (χ0n) is 9.81. The van der Waals surface area contributed by atoms with Gasteiger partial charge < -0.3 is 15.2 Å². The maximum atomic E-state index is 5.72. The van der Waals surface area contributed by atoms with Crippen molar-refractivity contribution in [1.29, 1.82) is 0 Å². The van der Waals surface area contributed by atoms with Crippen molar-refractivity contribution in [2.45, 2.75) is 0 Å². The van der Waals surface area contributed by atoms with E-state index in [9.17, 15) is 0 Å². The fraction of sp³-hybridized carbons (Fsp3) is 0.154. The number of benzene rings is 1. The van der Waals surface area contributed by atoms with Gasteiger partial charge in [-0.25, -0.2) is 4.98 Å². The molecule has 0 atom stereocenters. The van der Waals surface area contributed by atoms with E-state index in [-0.39, 0.29) is 0 Å². The van der Waals surface area contributed by atoms with Crippen molar-refractivity contribution >= 4 is 5.69 Å². The molecule has 1 heterocycles. The highest BCUT2D eigenvalue weighted by Crippen LogP contribution is 2.25. The lowest BCUT2D eigenvalue weighted by molar-refractivity contribution is 0.401. The molecule has 4 heteroatoms. The van der Waals surface area contributed by atoms with E-state index >= 15 is 0 Å². The van der Waals surface area contributed by atoms with E-state index in [1.807, 2.05) is 30.3 Å². The highest BCUT2D eigenvalue weighted by atomic mass is 16.5. The third-order valence-corrected chi connectivity index (χ3v) is 2.47. The number of methoxy groups -OCH3 is 2. The first-order chi connectivity index (χ1) is 8.24. The highest BCUT2D eigenvalue weighted by Gasteiger charge is 2.05. The minimum atomic E-state index is 0.443. The Hall–Kier alpha value is -2.23. The van der Waals surface area contributed by atoms with Crippen molar-refractivity contribution in [3.63, 3.8) is 0 Å². The molecule has 0 amide bonds. The van der Waals surface area contributed by atoms with Gasteiger partial charge in [0, 0.05) is 5.56 Å². The van der Waals surface area contributed by atoms with Crippen molar-refractivity contribution in [3.05, 3.63) is 36.4 Å². The van der Waals surface area contributed by atoms with E-state index < -0.39 is 0 Å². The van der Waals surface area contributed by atoms with Gasteiger partial charge in [-0.05, 0) is 36.4 Å². The molecule has 4 nitrogen and oxygen atoms in total. The van der Waals surface area contributed by atoms with Crippen molar-refractivity contribution in [2.75, 3.05) is 20.0 Å². The van der Waals surface area contributed by atoms with Crippen LogP contribution in [0, 0.1) is 0 Å². The molecule has 0 saturated carbocycles. The van der Waals surface area contributed by atoms with Gasteiger partial charge in [0.05, 0.1) is 25.6 Å². The molecule has 0 bridgehead atoms. The standard InChI is InChI=1S/C13H14N2O2/c1-16-10-5-3-9(4-6-10)12-8-7-11(14)13(15-12)17-2/h3-8H,14H2,1-2H3. The number of ether oxygens (including phenoxy) is 2. The van der Waals surface area contributed by atoms with Crippen LogP contribution in [0.15, 0.2) is 36.4 Å². The summed E-state index contributed by atoms with van der Waals surface area (Å²) in [5, 5.41) is 0. The van der Waals surface area contributed by atoms with Gasteiger partial charge in [0.25, 0.3) is 0 Å². The minimum absolute atomic E-state index is 0.443. The van der Waals surface area contributed by atoms with Gasteiger partial charge in [-0.3, -0.25) is 0 Å². The molecule has 0 aliphatic rings. The zero-order chi connectivity index (χ0) is 12.3. The van der Waals surface area contributed by atoms with Gasteiger partial charge >= 0.3 is 0 Å². The molecule has 0 saturated heterocycles. The first-order valence-corrected chi connectivity index (χ1v) is 5.19. The van der Waals surface area contributed by atoms with Gasteiger partial charge in [-0.1, -0.05) is 0 Å². The molecular formula is C13H14N2O2. The molecule has 2 aromatic rings. The van der Waals surface area contributed by atoms with Gasteiger partial charge in [0.15, 0.2) is 0 Å². The van der Waals surface area contributed by atoms with Gasteiger partial charge in [-0.2, -0.15) is 0 Å². The molecule has 0 radical (unpaired) electrons. The highest BCUT2D eigenvalue weighted by molar-refractivity contribution is 5.64. The minimum Gasteiger partial charge on any atom is -0.497 e. The van der Waals surface area contributed by atoms with E-state index in [0.29, 0.717) is 11.6 Å². The summed E-state index contributed by atoms with van der Waals surface area (Å²) in [4.78, 5) is 4.33. The number of aromatic nitrogens is 1. The summed E-state index contributed by atoms with van der Waals surface area (Å²) >= 11 is 0. The largest absolute Gasteiger partial charge is 0.497 e. The van der Waals surface area contributed by atoms with Crippen LogP contribution in [0.5, 0.6) is 11.6 Å². The van der Waals surface area contributed by atoms with E-state index in [2.05, 4.69) is 4.98 Å². The predicted molar refractivity (Wildman–Crippen MR) is 67.2 cm³/mol. The van der Waals surface area contributed by atoms with Crippen LogP contribution in [-0.2, 0) is 0 Å². The van der Waals surface area contributed by atoms with E-state index in [0.717, 1.165) is 17.0 Å². The Balaban J connectivity index is 2.38. The van der Waals surface area contributed by atoms with Crippen LogP contribution in [0.2, 0.25) is 0 Å². The molecule has 17 heavy (non-hydrogen) atoms. The first kappa shape index (κ1) is 11.3. The third-order valence-electron chi connectivity index (χ3n) is 2.47. The monoisotopic (exact) mass is 230 g/mol. The maximum absolute atomic E-state index is 5.72. The zero-order valence-corrected chi connectivity index (χ0v) is 9.81.